The summed E-state index contributed by atoms with van der Waals surface area (Å²) in [5.74, 6) is -0.281. The zero-order chi connectivity index (χ0) is 22.3. The van der Waals surface area contributed by atoms with Crippen LogP contribution in [0.25, 0.3) is 11.1 Å². The summed E-state index contributed by atoms with van der Waals surface area (Å²) < 4.78 is 5.12. The second kappa shape index (κ2) is 10.4. The zero-order valence-corrected chi connectivity index (χ0v) is 18.7. The van der Waals surface area contributed by atoms with Crippen LogP contribution in [0.2, 0.25) is 0 Å². The van der Waals surface area contributed by atoms with Gasteiger partial charge in [-0.2, -0.15) is 5.06 Å². The van der Waals surface area contributed by atoms with Gasteiger partial charge in [0.1, 0.15) is 0 Å². The minimum absolute atomic E-state index is 0.238. The minimum Gasteiger partial charge on any atom is -0.462 e. The van der Waals surface area contributed by atoms with E-state index in [0.717, 1.165) is 31.7 Å². The van der Waals surface area contributed by atoms with Crippen molar-refractivity contribution in [1.82, 2.24) is 5.06 Å². The number of esters is 1. The maximum atomic E-state index is 12.0. The van der Waals surface area contributed by atoms with Gasteiger partial charge in [-0.1, -0.05) is 54.6 Å². The number of ether oxygens (including phenoxy) is 1. The van der Waals surface area contributed by atoms with Crippen LogP contribution in [0.4, 0.5) is 5.69 Å². The summed E-state index contributed by atoms with van der Waals surface area (Å²) in [5.41, 5.74) is 5.50. The average Bonchev–Trinajstić information content (AvgIpc) is 2.85. The molecule has 0 spiro atoms. The maximum Gasteiger partial charge on any atom is 0.338 e. The third-order valence-electron chi connectivity index (χ3n) is 5.97. The van der Waals surface area contributed by atoms with Gasteiger partial charge in [0.15, 0.2) is 0 Å². The smallest absolute Gasteiger partial charge is 0.338 e. The van der Waals surface area contributed by atoms with Crippen molar-refractivity contribution < 1.29 is 14.4 Å². The van der Waals surface area contributed by atoms with E-state index in [4.69, 9.17) is 9.57 Å². The predicted octanol–water partition coefficient (Wildman–Crippen LogP) is 4.83. The van der Waals surface area contributed by atoms with E-state index in [1.165, 1.54) is 16.7 Å². The van der Waals surface area contributed by atoms with Gasteiger partial charge >= 0.3 is 5.97 Å². The summed E-state index contributed by atoms with van der Waals surface area (Å²) in [5, 5.41) is 2.03. The SMILES string of the molecule is CCOC(=O)c1ccc(N2CCN(OC)CC2Cc2ccccc2-c2ccccc2)cc1. The molecule has 0 bridgehead atoms. The zero-order valence-electron chi connectivity index (χ0n) is 18.7. The molecule has 0 saturated carbocycles. The molecular formula is C27H30N2O3. The van der Waals surface area contributed by atoms with Crippen LogP contribution in [0.5, 0.6) is 0 Å². The molecule has 32 heavy (non-hydrogen) atoms. The minimum atomic E-state index is -0.281. The van der Waals surface area contributed by atoms with Gasteiger partial charge in [-0.05, 0) is 54.3 Å². The van der Waals surface area contributed by atoms with E-state index in [-0.39, 0.29) is 12.0 Å². The van der Waals surface area contributed by atoms with E-state index >= 15 is 0 Å². The number of hydroxylamine groups is 2. The number of nitrogens with zero attached hydrogens (tertiary/aromatic N) is 2. The van der Waals surface area contributed by atoms with Gasteiger partial charge in [0.25, 0.3) is 0 Å². The summed E-state index contributed by atoms with van der Waals surface area (Å²) in [4.78, 5) is 20.0. The third-order valence-corrected chi connectivity index (χ3v) is 5.97. The lowest BCUT2D eigenvalue weighted by molar-refractivity contribution is -0.140. The number of piperazine rings is 1. The number of hydrogen-bond acceptors (Lipinski definition) is 5. The molecule has 0 aromatic heterocycles. The van der Waals surface area contributed by atoms with Crippen LogP contribution in [0.1, 0.15) is 22.8 Å². The summed E-state index contributed by atoms with van der Waals surface area (Å²) >= 11 is 0. The number of carbonyl (C=O) groups excluding carboxylic acids is 1. The van der Waals surface area contributed by atoms with Crippen LogP contribution < -0.4 is 4.90 Å². The van der Waals surface area contributed by atoms with E-state index < -0.39 is 0 Å². The third kappa shape index (κ3) is 5.01. The van der Waals surface area contributed by atoms with Gasteiger partial charge in [-0.25, -0.2) is 4.79 Å². The molecular weight excluding hydrogens is 400 g/mol. The highest BCUT2D eigenvalue weighted by molar-refractivity contribution is 5.89. The highest BCUT2D eigenvalue weighted by atomic mass is 16.7. The monoisotopic (exact) mass is 430 g/mol. The van der Waals surface area contributed by atoms with Crippen molar-refractivity contribution in [3.05, 3.63) is 90.0 Å². The standard InChI is InChI=1S/C27H30N2O3/c1-3-32-27(30)22-13-15-24(16-14-22)29-18-17-28(31-2)20-25(29)19-23-11-7-8-12-26(23)21-9-5-4-6-10-21/h4-16,25H,3,17-20H2,1-2H3. The normalized spacial score (nSPS) is 16.7. The lowest BCUT2D eigenvalue weighted by atomic mass is 9.93. The summed E-state index contributed by atoms with van der Waals surface area (Å²) in [7, 11) is 1.73. The molecule has 166 valence electrons. The number of carbonyl (C=O) groups is 1. The first-order valence-corrected chi connectivity index (χ1v) is 11.2. The van der Waals surface area contributed by atoms with Crippen LogP contribution in [-0.2, 0) is 16.0 Å². The molecule has 0 N–H and O–H groups in total. The van der Waals surface area contributed by atoms with Crippen LogP contribution >= 0.6 is 0 Å². The highest BCUT2D eigenvalue weighted by Crippen LogP contribution is 2.28. The summed E-state index contributed by atoms with van der Waals surface area (Å²) in [6.45, 7) is 4.68. The maximum absolute atomic E-state index is 12.0. The molecule has 3 aromatic rings. The number of rotatable bonds is 7. The van der Waals surface area contributed by atoms with E-state index in [1.807, 2.05) is 42.3 Å². The molecule has 0 amide bonds. The predicted molar refractivity (Wildman–Crippen MR) is 128 cm³/mol. The second-order valence-corrected chi connectivity index (χ2v) is 7.91. The van der Waals surface area contributed by atoms with Crippen LogP contribution in [-0.4, -0.2) is 50.4 Å². The van der Waals surface area contributed by atoms with Crippen LogP contribution in [0, 0.1) is 0 Å². The Labute approximate surface area is 190 Å². The Morgan fingerprint density at radius 3 is 2.38 bits per heavy atom. The Morgan fingerprint density at radius 1 is 0.938 bits per heavy atom. The van der Waals surface area contributed by atoms with Crippen molar-refractivity contribution in [1.29, 1.82) is 0 Å². The summed E-state index contributed by atoms with van der Waals surface area (Å²) in [6, 6.07) is 27.1. The van der Waals surface area contributed by atoms with Crippen LogP contribution in [0.3, 0.4) is 0 Å². The molecule has 1 atom stereocenters. The van der Waals surface area contributed by atoms with E-state index in [1.54, 1.807) is 7.11 Å². The van der Waals surface area contributed by atoms with Crippen molar-refractivity contribution in [2.45, 2.75) is 19.4 Å². The first-order chi connectivity index (χ1) is 15.7. The van der Waals surface area contributed by atoms with Gasteiger partial charge in [0.2, 0.25) is 0 Å². The Kier molecular flexibility index (Phi) is 7.20. The largest absolute Gasteiger partial charge is 0.462 e. The fourth-order valence-electron chi connectivity index (χ4n) is 4.36. The van der Waals surface area contributed by atoms with E-state index in [0.29, 0.717) is 12.2 Å². The Balaban J connectivity index is 1.60. The van der Waals surface area contributed by atoms with Gasteiger partial charge < -0.3 is 14.5 Å². The summed E-state index contributed by atoms with van der Waals surface area (Å²) in [6.07, 6.45) is 0.893. The van der Waals surface area contributed by atoms with Crippen molar-refractivity contribution in [3.8, 4) is 11.1 Å². The fourth-order valence-corrected chi connectivity index (χ4v) is 4.36. The molecule has 1 fully saturated rings. The second-order valence-electron chi connectivity index (χ2n) is 7.91. The Hall–Kier alpha value is -3.15. The van der Waals surface area contributed by atoms with Crippen molar-refractivity contribution in [2.24, 2.45) is 0 Å². The quantitative estimate of drug-likeness (QED) is 0.503. The molecule has 0 radical (unpaired) electrons. The van der Waals surface area contributed by atoms with Crippen LogP contribution in [0.15, 0.2) is 78.9 Å². The first-order valence-electron chi connectivity index (χ1n) is 11.2. The fraction of sp³-hybridized carbons (Fsp3) is 0.296. The molecule has 5 nitrogen and oxygen atoms in total. The molecule has 3 aromatic carbocycles. The molecule has 1 aliphatic heterocycles. The molecule has 1 heterocycles. The van der Waals surface area contributed by atoms with Gasteiger partial charge in [-0.3, -0.25) is 0 Å². The highest BCUT2D eigenvalue weighted by Gasteiger charge is 2.28. The lowest BCUT2D eigenvalue weighted by Gasteiger charge is -2.42. The molecule has 1 unspecified atom stereocenters. The number of hydrogen-bond donors (Lipinski definition) is 0. The van der Waals surface area contributed by atoms with E-state index in [2.05, 4.69) is 53.4 Å². The van der Waals surface area contributed by atoms with Gasteiger partial charge in [0.05, 0.1) is 19.3 Å². The molecule has 1 saturated heterocycles. The number of anilines is 1. The van der Waals surface area contributed by atoms with Gasteiger partial charge in [0, 0.05) is 31.4 Å². The number of benzene rings is 3. The first kappa shape index (κ1) is 22.1. The molecule has 4 rings (SSSR count). The van der Waals surface area contributed by atoms with Crippen molar-refractivity contribution >= 4 is 11.7 Å². The van der Waals surface area contributed by atoms with Crippen molar-refractivity contribution in [3.63, 3.8) is 0 Å². The van der Waals surface area contributed by atoms with Gasteiger partial charge in [-0.15, -0.1) is 0 Å². The van der Waals surface area contributed by atoms with Crippen molar-refractivity contribution in [2.75, 3.05) is 38.3 Å². The Bertz CT molecular complexity index is 1020. The topological polar surface area (TPSA) is 42.0 Å². The lowest BCUT2D eigenvalue weighted by Crippen LogP contribution is -2.53. The van der Waals surface area contributed by atoms with E-state index in [9.17, 15) is 4.79 Å². The average molecular weight is 431 g/mol. The Morgan fingerprint density at radius 2 is 1.66 bits per heavy atom. The molecule has 5 heteroatoms. The molecule has 1 aliphatic rings. The molecule has 0 aliphatic carbocycles.